The van der Waals surface area contributed by atoms with Crippen LogP contribution in [-0.4, -0.2) is 34.3 Å². The number of hydrogen-bond acceptors (Lipinski definition) is 3. The molecule has 4 nitrogen and oxygen atoms in total. The third kappa shape index (κ3) is 3.55. The van der Waals surface area contributed by atoms with E-state index in [0.29, 0.717) is 24.4 Å². The summed E-state index contributed by atoms with van der Waals surface area (Å²) < 4.78 is 25.4. The molecule has 0 aromatic rings. The van der Waals surface area contributed by atoms with Gasteiger partial charge in [-0.1, -0.05) is 13.8 Å². The number of sulfonamides is 1. The van der Waals surface area contributed by atoms with Crippen molar-refractivity contribution in [3.05, 3.63) is 0 Å². The Morgan fingerprint density at radius 1 is 1.43 bits per heavy atom. The molecule has 0 spiro atoms. The first-order valence-corrected chi connectivity index (χ1v) is 6.64. The molecular formula is C9H20N2O2S. The van der Waals surface area contributed by atoms with Crippen LogP contribution in [0.25, 0.3) is 0 Å². The summed E-state index contributed by atoms with van der Waals surface area (Å²) in [4.78, 5) is 0. The zero-order valence-electron chi connectivity index (χ0n) is 9.13. The van der Waals surface area contributed by atoms with Crippen molar-refractivity contribution in [2.45, 2.75) is 20.3 Å². The minimum Gasteiger partial charge on any atom is -0.319 e. The Morgan fingerprint density at radius 2 is 2.00 bits per heavy atom. The molecule has 5 heteroatoms. The minimum atomic E-state index is -3.06. The molecule has 84 valence electrons. The molecule has 1 aliphatic rings. The second-order valence-corrected chi connectivity index (χ2v) is 6.59. The topological polar surface area (TPSA) is 58.2 Å². The van der Waals surface area contributed by atoms with Crippen molar-refractivity contribution >= 4 is 10.0 Å². The molecular weight excluding hydrogens is 200 g/mol. The molecule has 1 unspecified atom stereocenters. The van der Waals surface area contributed by atoms with Crippen molar-refractivity contribution in [2.24, 2.45) is 11.3 Å². The van der Waals surface area contributed by atoms with E-state index in [4.69, 9.17) is 0 Å². The molecule has 0 radical (unpaired) electrons. The van der Waals surface area contributed by atoms with Crippen LogP contribution < -0.4 is 10.0 Å². The van der Waals surface area contributed by atoms with Crippen LogP contribution in [0.2, 0.25) is 0 Å². The molecule has 0 bridgehead atoms. The predicted octanol–water partition coefficient (Wildman–Crippen LogP) is 0.171. The summed E-state index contributed by atoms with van der Waals surface area (Å²) in [6.45, 7) is 5.43. The summed E-state index contributed by atoms with van der Waals surface area (Å²) in [5.41, 5.74) is 0.339. The standard InChI is InChI=1S/C9H20N2O2S/c1-9(2)6-8(9)7-11-14(12,13)5-4-10-3/h8,10-11H,4-7H2,1-3H3. The van der Waals surface area contributed by atoms with Crippen molar-refractivity contribution in [2.75, 3.05) is 25.9 Å². The fraction of sp³-hybridized carbons (Fsp3) is 1.00. The van der Waals surface area contributed by atoms with Crippen molar-refractivity contribution in [3.8, 4) is 0 Å². The lowest BCUT2D eigenvalue weighted by Gasteiger charge is -2.07. The molecule has 1 rings (SSSR count). The third-order valence-electron chi connectivity index (χ3n) is 2.89. The number of hydrogen-bond donors (Lipinski definition) is 2. The molecule has 1 atom stereocenters. The Hall–Kier alpha value is -0.130. The summed E-state index contributed by atoms with van der Waals surface area (Å²) in [7, 11) is -1.31. The van der Waals surface area contributed by atoms with Crippen LogP contribution >= 0.6 is 0 Å². The Bertz CT molecular complexity index is 285. The normalized spacial score (nSPS) is 24.9. The van der Waals surface area contributed by atoms with E-state index in [2.05, 4.69) is 23.9 Å². The van der Waals surface area contributed by atoms with Gasteiger partial charge in [0, 0.05) is 13.1 Å². The van der Waals surface area contributed by atoms with E-state index in [1.165, 1.54) is 0 Å². The summed E-state index contributed by atoms with van der Waals surface area (Å²) >= 11 is 0. The first-order chi connectivity index (χ1) is 6.37. The van der Waals surface area contributed by atoms with Crippen LogP contribution in [-0.2, 0) is 10.0 Å². The average molecular weight is 220 g/mol. The number of nitrogens with one attached hydrogen (secondary N) is 2. The summed E-state index contributed by atoms with van der Waals surface area (Å²) in [5, 5.41) is 2.82. The van der Waals surface area contributed by atoms with Gasteiger partial charge in [-0.3, -0.25) is 0 Å². The van der Waals surface area contributed by atoms with Gasteiger partial charge < -0.3 is 5.32 Å². The van der Waals surface area contributed by atoms with Gasteiger partial charge in [0.15, 0.2) is 0 Å². The van der Waals surface area contributed by atoms with Gasteiger partial charge in [-0.15, -0.1) is 0 Å². The lowest BCUT2D eigenvalue weighted by molar-refractivity contribution is 0.537. The monoisotopic (exact) mass is 220 g/mol. The second-order valence-electron chi connectivity index (χ2n) is 4.66. The second kappa shape index (κ2) is 4.16. The molecule has 0 saturated heterocycles. The van der Waals surface area contributed by atoms with Crippen molar-refractivity contribution in [3.63, 3.8) is 0 Å². The SMILES string of the molecule is CNCCS(=O)(=O)NCC1CC1(C)C. The maximum absolute atomic E-state index is 11.4. The highest BCUT2D eigenvalue weighted by atomic mass is 32.2. The van der Waals surface area contributed by atoms with E-state index >= 15 is 0 Å². The van der Waals surface area contributed by atoms with Crippen LogP contribution in [0, 0.1) is 11.3 Å². The zero-order valence-corrected chi connectivity index (χ0v) is 9.95. The van der Waals surface area contributed by atoms with Crippen LogP contribution in [0.15, 0.2) is 0 Å². The highest BCUT2D eigenvalue weighted by Crippen LogP contribution is 2.51. The summed E-state index contributed by atoms with van der Waals surface area (Å²) in [6.07, 6.45) is 1.13. The minimum absolute atomic E-state index is 0.163. The molecule has 1 aliphatic carbocycles. The Morgan fingerprint density at radius 3 is 2.43 bits per heavy atom. The molecule has 0 aliphatic heterocycles. The predicted molar refractivity (Wildman–Crippen MR) is 57.6 cm³/mol. The first kappa shape index (κ1) is 11.9. The smallest absolute Gasteiger partial charge is 0.212 e. The molecule has 0 heterocycles. The van der Waals surface area contributed by atoms with Gasteiger partial charge in [-0.2, -0.15) is 0 Å². The van der Waals surface area contributed by atoms with E-state index in [9.17, 15) is 8.42 Å². The van der Waals surface area contributed by atoms with Crippen molar-refractivity contribution < 1.29 is 8.42 Å². The lowest BCUT2D eigenvalue weighted by Crippen LogP contribution is -2.32. The van der Waals surface area contributed by atoms with Gasteiger partial charge in [0.2, 0.25) is 10.0 Å². The molecule has 2 N–H and O–H groups in total. The van der Waals surface area contributed by atoms with Gasteiger partial charge >= 0.3 is 0 Å². The molecule has 0 amide bonds. The van der Waals surface area contributed by atoms with Gasteiger partial charge in [-0.05, 0) is 24.8 Å². The van der Waals surface area contributed by atoms with E-state index < -0.39 is 10.0 Å². The molecule has 1 saturated carbocycles. The summed E-state index contributed by atoms with van der Waals surface area (Å²) in [6, 6.07) is 0. The van der Waals surface area contributed by atoms with Crippen LogP contribution in [0.5, 0.6) is 0 Å². The van der Waals surface area contributed by atoms with Gasteiger partial charge in [-0.25, -0.2) is 13.1 Å². The first-order valence-electron chi connectivity index (χ1n) is 4.99. The van der Waals surface area contributed by atoms with Crippen LogP contribution in [0.1, 0.15) is 20.3 Å². The van der Waals surface area contributed by atoms with Gasteiger partial charge in [0.25, 0.3) is 0 Å². The number of rotatable bonds is 6. The molecule has 0 aromatic heterocycles. The molecule has 1 fully saturated rings. The maximum atomic E-state index is 11.4. The average Bonchev–Trinajstić information content (AvgIpc) is 2.68. The highest BCUT2D eigenvalue weighted by Gasteiger charge is 2.45. The van der Waals surface area contributed by atoms with Gasteiger partial charge in [0.1, 0.15) is 0 Å². The van der Waals surface area contributed by atoms with Crippen molar-refractivity contribution in [1.29, 1.82) is 0 Å². The quantitative estimate of drug-likeness (QED) is 0.671. The van der Waals surface area contributed by atoms with E-state index in [1.807, 2.05) is 0 Å². The van der Waals surface area contributed by atoms with Crippen molar-refractivity contribution in [1.82, 2.24) is 10.0 Å². The van der Waals surface area contributed by atoms with E-state index in [0.717, 1.165) is 6.42 Å². The lowest BCUT2D eigenvalue weighted by atomic mass is 10.1. The Balaban J connectivity index is 2.24. The molecule has 14 heavy (non-hydrogen) atoms. The third-order valence-corrected chi connectivity index (χ3v) is 4.24. The fourth-order valence-corrected chi connectivity index (χ4v) is 2.53. The highest BCUT2D eigenvalue weighted by molar-refractivity contribution is 7.89. The van der Waals surface area contributed by atoms with Crippen LogP contribution in [0.3, 0.4) is 0 Å². The zero-order chi connectivity index (χ0) is 10.8. The Labute approximate surface area is 86.5 Å². The molecule has 0 aromatic carbocycles. The fourth-order valence-electron chi connectivity index (χ4n) is 1.46. The maximum Gasteiger partial charge on any atom is 0.212 e. The van der Waals surface area contributed by atoms with Crippen LogP contribution in [0.4, 0.5) is 0 Å². The Kier molecular flexibility index (Phi) is 3.55. The van der Waals surface area contributed by atoms with Gasteiger partial charge in [0.05, 0.1) is 5.75 Å². The van der Waals surface area contributed by atoms with E-state index in [-0.39, 0.29) is 5.75 Å². The van der Waals surface area contributed by atoms with E-state index in [1.54, 1.807) is 7.05 Å². The summed E-state index contributed by atoms with van der Waals surface area (Å²) in [5.74, 6) is 0.684. The largest absolute Gasteiger partial charge is 0.319 e.